The van der Waals surface area contributed by atoms with Crippen LogP contribution in [0.5, 0.6) is 0 Å². The Morgan fingerprint density at radius 3 is 2.53 bits per heavy atom. The van der Waals surface area contributed by atoms with Gasteiger partial charge in [-0.05, 0) is 50.7 Å². The SMILES string of the molecule is Fc1cc2c(CC(F)(F)F)c(I)[nH]c2cc1Br. The lowest BCUT2D eigenvalue weighted by molar-refractivity contribution is -0.127. The van der Waals surface area contributed by atoms with Gasteiger partial charge >= 0.3 is 6.18 Å². The van der Waals surface area contributed by atoms with Crippen LogP contribution >= 0.6 is 38.5 Å². The fourth-order valence-electron chi connectivity index (χ4n) is 1.59. The van der Waals surface area contributed by atoms with Gasteiger partial charge in [0.2, 0.25) is 0 Å². The average Bonchev–Trinajstić information content (AvgIpc) is 2.43. The molecule has 0 bridgehead atoms. The van der Waals surface area contributed by atoms with Crippen LogP contribution in [0.3, 0.4) is 0 Å². The molecule has 0 saturated carbocycles. The van der Waals surface area contributed by atoms with Crippen LogP contribution in [0.4, 0.5) is 17.6 Å². The van der Waals surface area contributed by atoms with Crippen molar-refractivity contribution in [1.29, 1.82) is 0 Å². The van der Waals surface area contributed by atoms with E-state index < -0.39 is 18.4 Å². The third kappa shape index (κ3) is 2.75. The second kappa shape index (κ2) is 4.42. The van der Waals surface area contributed by atoms with E-state index in [4.69, 9.17) is 0 Å². The van der Waals surface area contributed by atoms with Crippen molar-refractivity contribution < 1.29 is 17.6 Å². The summed E-state index contributed by atoms with van der Waals surface area (Å²) in [6, 6.07) is 2.55. The number of rotatable bonds is 1. The summed E-state index contributed by atoms with van der Waals surface area (Å²) in [6.07, 6.45) is -5.37. The van der Waals surface area contributed by atoms with Crippen molar-refractivity contribution in [2.75, 3.05) is 0 Å². The van der Waals surface area contributed by atoms with E-state index >= 15 is 0 Å². The predicted octanol–water partition coefficient (Wildman–Crippen LogP) is 4.78. The summed E-state index contributed by atoms with van der Waals surface area (Å²) in [5, 5.41) is 0.271. The summed E-state index contributed by atoms with van der Waals surface area (Å²) in [4.78, 5) is 2.81. The number of nitrogens with one attached hydrogen (secondary N) is 1. The van der Waals surface area contributed by atoms with Gasteiger partial charge < -0.3 is 4.98 Å². The molecule has 0 saturated heterocycles. The standard InChI is InChI=1S/C10H5BrF4IN/c11-6-2-8-4(1-7(6)12)5(9(16)17-8)3-10(13,14)15/h1-2,17H,3H2. The third-order valence-electron chi connectivity index (χ3n) is 2.27. The average molecular weight is 422 g/mol. The Morgan fingerprint density at radius 1 is 1.29 bits per heavy atom. The van der Waals surface area contributed by atoms with E-state index in [0.717, 1.165) is 6.07 Å². The third-order valence-corrected chi connectivity index (χ3v) is 3.80. The highest BCUT2D eigenvalue weighted by Gasteiger charge is 2.30. The van der Waals surface area contributed by atoms with E-state index in [1.54, 1.807) is 22.6 Å². The van der Waals surface area contributed by atoms with Crippen molar-refractivity contribution in [3.8, 4) is 0 Å². The fraction of sp³-hybridized carbons (Fsp3) is 0.200. The lowest BCUT2D eigenvalue weighted by atomic mass is 10.1. The van der Waals surface area contributed by atoms with Gasteiger partial charge in [0.15, 0.2) is 0 Å². The van der Waals surface area contributed by atoms with E-state index in [1.165, 1.54) is 6.07 Å². The topological polar surface area (TPSA) is 15.8 Å². The Balaban J connectivity index is 2.63. The maximum absolute atomic E-state index is 13.3. The molecule has 0 atom stereocenters. The second-order valence-electron chi connectivity index (χ2n) is 3.52. The maximum Gasteiger partial charge on any atom is 0.393 e. The molecule has 2 aromatic rings. The number of hydrogen-bond acceptors (Lipinski definition) is 0. The van der Waals surface area contributed by atoms with Crippen molar-refractivity contribution >= 4 is 49.4 Å². The molecule has 0 fully saturated rings. The molecule has 1 aromatic carbocycles. The van der Waals surface area contributed by atoms with Gasteiger partial charge in [0.1, 0.15) is 5.82 Å². The number of aromatic amines is 1. The Kier molecular flexibility index (Phi) is 3.41. The number of halogens is 6. The Bertz CT molecular complexity index is 576. The van der Waals surface area contributed by atoms with E-state index in [2.05, 4.69) is 20.9 Å². The number of H-pyrrole nitrogens is 1. The molecule has 1 heterocycles. The van der Waals surface area contributed by atoms with Crippen LogP contribution in [-0.4, -0.2) is 11.2 Å². The van der Waals surface area contributed by atoms with Crippen LogP contribution in [0.2, 0.25) is 0 Å². The first-order valence-corrected chi connectivity index (χ1v) is 6.37. The zero-order chi connectivity index (χ0) is 12.8. The van der Waals surface area contributed by atoms with Crippen LogP contribution in [0.15, 0.2) is 16.6 Å². The molecular weight excluding hydrogens is 417 g/mol. The molecule has 1 nitrogen and oxygen atoms in total. The zero-order valence-electron chi connectivity index (χ0n) is 8.13. The first-order valence-electron chi connectivity index (χ1n) is 4.50. The molecule has 92 valence electrons. The molecule has 1 N–H and O–H groups in total. The minimum Gasteiger partial charge on any atom is -0.350 e. The number of fused-ring (bicyclic) bond motifs is 1. The lowest BCUT2D eigenvalue weighted by Gasteiger charge is -2.05. The van der Waals surface area contributed by atoms with Crippen LogP contribution in [-0.2, 0) is 6.42 Å². The highest BCUT2D eigenvalue weighted by atomic mass is 127. The highest BCUT2D eigenvalue weighted by molar-refractivity contribution is 14.1. The highest BCUT2D eigenvalue weighted by Crippen LogP contribution is 2.32. The number of alkyl halides is 3. The second-order valence-corrected chi connectivity index (χ2v) is 5.45. The lowest BCUT2D eigenvalue weighted by Crippen LogP contribution is -2.12. The van der Waals surface area contributed by atoms with Crippen LogP contribution in [0, 0.1) is 9.52 Å². The summed E-state index contributed by atoms with van der Waals surface area (Å²) in [6.45, 7) is 0. The van der Waals surface area contributed by atoms with Gasteiger partial charge in [0, 0.05) is 16.5 Å². The Morgan fingerprint density at radius 2 is 1.94 bits per heavy atom. The van der Waals surface area contributed by atoms with Crippen molar-refractivity contribution in [2.24, 2.45) is 0 Å². The molecule has 0 aliphatic rings. The monoisotopic (exact) mass is 421 g/mol. The van der Waals surface area contributed by atoms with Crippen molar-refractivity contribution in [2.45, 2.75) is 12.6 Å². The van der Waals surface area contributed by atoms with E-state index in [0.29, 0.717) is 9.22 Å². The first kappa shape index (κ1) is 13.1. The molecule has 2 rings (SSSR count). The van der Waals surface area contributed by atoms with E-state index in [-0.39, 0.29) is 15.4 Å². The molecule has 0 aliphatic heterocycles. The summed E-state index contributed by atoms with van der Waals surface area (Å²) in [5.41, 5.74) is 0.571. The molecule has 17 heavy (non-hydrogen) atoms. The van der Waals surface area contributed by atoms with Gasteiger partial charge in [-0.25, -0.2) is 4.39 Å². The van der Waals surface area contributed by atoms with Crippen LogP contribution < -0.4 is 0 Å². The van der Waals surface area contributed by atoms with Gasteiger partial charge in [-0.2, -0.15) is 13.2 Å². The van der Waals surface area contributed by atoms with E-state index in [1.807, 2.05) is 0 Å². The Labute approximate surface area is 116 Å². The predicted molar refractivity (Wildman–Crippen MR) is 68.4 cm³/mol. The molecule has 0 unspecified atom stereocenters. The summed E-state index contributed by atoms with van der Waals surface area (Å²) >= 11 is 4.78. The van der Waals surface area contributed by atoms with Gasteiger partial charge in [0.25, 0.3) is 0 Å². The van der Waals surface area contributed by atoms with Gasteiger partial charge in [0.05, 0.1) is 14.6 Å². The van der Waals surface area contributed by atoms with Crippen molar-refractivity contribution in [3.63, 3.8) is 0 Å². The Hall–Kier alpha value is -0.310. The molecule has 0 spiro atoms. The molecule has 1 aromatic heterocycles. The zero-order valence-corrected chi connectivity index (χ0v) is 11.9. The molecule has 0 radical (unpaired) electrons. The van der Waals surface area contributed by atoms with Gasteiger partial charge in [-0.15, -0.1) is 0 Å². The van der Waals surface area contributed by atoms with Gasteiger partial charge in [-0.1, -0.05) is 0 Å². The largest absolute Gasteiger partial charge is 0.393 e. The normalized spacial score (nSPS) is 12.4. The van der Waals surface area contributed by atoms with Gasteiger partial charge in [-0.3, -0.25) is 0 Å². The number of benzene rings is 1. The molecule has 0 amide bonds. The molecular formula is C10H5BrF4IN. The smallest absolute Gasteiger partial charge is 0.350 e. The first-order chi connectivity index (χ1) is 7.78. The quantitative estimate of drug-likeness (QED) is 0.504. The molecule has 0 aliphatic carbocycles. The van der Waals surface area contributed by atoms with Crippen molar-refractivity contribution in [1.82, 2.24) is 4.98 Å². The number of aromatic nitrogens is 1. The number of hydrogen-bond donors (Lipinski definition) is 1. The minimum absolute atomic E-state index is 0.0829. The van der Waals surface area contributed by atoms with Crippen molar-refractivity contribution in [3.05, 3.63) is 31.7 Å². The summed E-state index contributed by atoms with van der Waals surface area (Å²) in [7, 11) is 0. The summed E-state index contributed by atoms with van der Waals surface area (Å²) < 4.78 is 51.1. The molecule has 7 heteroatoms. The van der Waals surface area contributed by atoms with Crippen LogP contribution in [0.1, 0.15) is 5.56 Å². The minimum atomic E-state index is -4.31. The van der Waals surface area contributed by atoms with E-state index in [9.17, 15) is 17.6 Å². The van der Waals surface area contributed by atoms with Crippen LogP contribution in [0.25, 0.3) is 10.9 Å². The fourth-order valence-corrected chi connectivity index (χ4v) is 2.70. The summed E-state index contributed by atoms with van der Waals surface area (Å²) in [5.74, 6) is -0.573. The maximum atomic E-state index is 13.3.